The first-order valence-corrected chi connectivity index (χ1v) is 9.71. The Kier molecular flexibility index (Phi) is 6.31. The molecule has 0 spiro atoms. The van der Waals surface area contributed by atoms with E-state index in [9.17, 15) is 26.4 Å². The lowest BCUT2D eigenvalue weighted by atomic mass is 10.2. The third-order valence-corrected chi connectivity index (χ3v) is 5.37. The van der Waals surface area contributed by atoms with Crippen LogP contribution in [0.5, 0.6) is 0 Å². The van der Waals surface area contributed by atoms with Crippen molar-refractivity contribution in [3.8, 4) is 0 Å². The van der Waals surface area contributed by atoms with Crippen molar-refractivity contribution in [1.82, 2.24) is 14.9 Å². The molecule has 1 heterocycles. The molecule has 2 aromatic rings. The van der Waals surface area contributed by atoms with E-state index in [-0.39, 0.29) is 5.13 Å². The Morgan fingerprint density at radius 1 is 1.27 bits per heavy atom. The second kappa shape index (κ2) is 8.10. The molecule has 26 heavy (non-hydrogen) atoms. The summed E-state index contributed by atoms with van der Waals surface area (Å²) in [6, 6.07) is 3.25. The maximum Gasteiger partial charge on any atom is 0.416 e. The van der Waals surface area contributed by atoms with Crippen molar-refractivity contribution in [2.75, 3.05) is 11.9 Å². The van der Waals surface area contributed by atoms with Crippen LogP contribution in [-0.4, -0.2) is 31.1 Å². The van der Waals surface area contributed by atoms with Gasteiger partial charge in [-0.15, -0.1) is 10.2 Å². The van der Waals surface area contributed by atoms with Crippen molar-refractivity contribution in [3.05, 3.63) is 34.8 Å². The lowest BCUT2D eigenvalue weighted by Gasteiger charge is -2.10. The van der Waals surface area contributed by atoms with E-state index in [1.54, 1.807) is 0 Å². The molecule has 1 aromatic heterocycles. The summed E-state index contributed by atoms with van der Waals surface area (Å²) in [5, 5.41) is 10.9. The van der Waals surface area contributed by atoms with E-state index in [0.29, 0.717) is 12.5 Å². The van der Waals surface area contributed by atoms with Crippen LogP contribution in [0.25, 0.3) is 0 Å². The Morgan fingerprint density at radius 3 is 2.65 bits per heavy atom. The molecule has 12 heteroatoms. The van der Waals surface area contributed by atoms with Gasteiger partial charge in [-0.05, 0) is 24.6 Å². The molecular formula is C14H15F3N4O3S2. The SMILES string of the molecule is CCCc1nnc(NC(=O)CNS(=O)(=O)c2cccc(C(F)(F)F)c2)s1. The van der Waals surface area contributed by atoms with Gasteiger partial charge in [0.2, 0.25) is 21.1 Å². The number of amides is 1. The zero-order chi connectivity index (χ0) is 19.4. The minimum Gasteiger partial charge on any atom is -0.299 e. The summed E-state index contributed by atoms with van der Waals surface area (Å²) in [6.07, 6.45) is -3.11. The molecule has 0 saturated heterocycles. The third-order valence-electron chi connectivity index (χ3n) is 3.07. The van der Waals surface area contributed by atoms with Crippen LogP contribution < -0.4 is 10.0 Å². The number of alkyl halides is 3. The normalized spacial score (nSPS) is 12.2. The van der Waals surface area contributed by atoms with Crippen molar-refractivity contribution in [3.63, 3.8) is 0 Å². The van der Waals surface area contributed by atoms with E-state index >= 15 is 0 Å². The lowest BCUT2D eigenvalue weighted by molar-refractivity contribution is -0.137. The van der Waals surface area contributed by atoms with E-state index in [0.717, 1.165) is 41.0 Å². The number of carbonyl (C=O) groups excluding carboxylic acids is 1. The monoisotopic (exact) mass is 408 g/mol. The highest BCUT2D eigenvalue weighted by Crippen LogP contribution is 2.30. The van der Waals surface area contributed by atoms with Gasteiger partial charge in [0.1, 0.15) is 5.01 Å². The smallest absolute Gasteiger partial charge is 0.299 e. The fraction of sp³-hybridized carbons (Fsp3) is 0.357. The zero-order valence-corrected chi connectivity index (χ0v) is 15.1. The number of sulfonamides is 1. The average molecular weight is 408 g/mol. The molecule has 0 aliphatic rings. The molecule has 0 aliphatic carbocycles. The lowest BCUT2D eigenvalue weighted by Crippen LogP contribution is -2.33. The topological polar surface area (TPSA) is 101 Å². The summed E-state index contributed by atoms with van der Waals surface area (Å²) in [6.45, 7) is 1.31. The first-order chi connectivity index (χ1) is 12.1. The Morgan fingerprint density at radius 2 is 2.00 bits per heavy atom. The van der Waals surface area contributed by atoms with Crippen LogP contribution >= 0.6 is 11.3 Å². The molecule has 0 atom stereocenters. The molecule has 142 valence electrons. The molecular weight excluding hydrogens is 393 g/mol. The van der Waals surface area contributed by atoms with Crippen LogP contribution in [0.4, 0.5) is 18.3 Å². The summed E-state index contributed by atoms with van der Waals surface area (Å²) in [4.78, 5) is 11.2. The van der Waals surface area contributed by atoms with Gasteiger partial charge in [-0.2, -0.15) is 13.2 Å². The number of nitrogens with zero attached hydrogens (tertiary/aromatic N) is 2. The summed E-state index contributed by atoms with van der Waals surface area (Å²) < 4.78 is 64.1. The maximum absolute atomic E-state index is 12.7. The fourth-order valence-electron chi connectivity index (χ4n) is 1.87. The van der Waals surface area contributed by atoms with Crippen LogP contribution in [0.15, 0.2) is 29.2 Å². The largest absolute Gasteiger partial charge is 0.416 e. The number of hydrogen-bond acceptors (Lipinski definition) is 6. The fourth-order valence-corrected chi connectivity index (χ4v) is 3.75. The first-order valence-electron chi connectivity index (χ1n) is 7.41. The number of aromatic nitrogens is 2. The predicted octanol–water partition coefficient (Wildman–Crippen LogP) is 2.43. The number of nitrogens with one attached hydrogen (secondary N) is 2. The summed E-state index contributed by atoms with van der Waals surface area (Å²) in [7, 11) is -4.28. The van der Waals surface area contributed by atoms with Gasteiger partial charge in [0, 0.05) is 6.42 Å². The average Bonchev–Trinajstić information content (AvgIpc) is 3.00. The molecule has 1 aromatic carbocycles. The van der Waals surface area contributed by atoms with E-state index in [4.69, 9.17) is 0 Å². The maximum atomic E-state index is 12.7. The molecule has 0 unspecified atom stereocenters. The van der Waals surface area contributed by atoms with Crippen molar-refractivity contribution in [1.29, 1.82) is 0 Å². The van der Waals surface area contributed by atoms with E-state index < -0.39 is 39.1 Å². The number of anilines is 1. The van der Waals surface area contributed by atoms with Crippen LogP contribution in [0.3, 0.4) is 0 Å². The van der Waals surface area contributed by atoms with Crippen molar-refractivity contribution in [2.45, 2.75) is 30.8 Å². The molecule has 2 rings (SSSR count). The van der Waals surface area contributed by atoms with E-state index in [2.05, 4.69) is 15.5 Å². The van der Waals surface area contributed by atoms with E-state index in [1.165, 1.54) is 0 Å². The summed E-state index contributed by atoms with van der Waals surface area (Å²) >= 11 is 1.16. The number of halogens is 3. The second-order valence-corrected chi connectivity index (χ2v) is 7.98. The third kappa shape index (κ3) is 5.47. The van der Waals surface area contributed by atoms with Gasteiger partial charge in [0.25, 0.3) is 0 Å². The predicted molar refractivity (Wildman–Crippen MR) is 89.2 cm³/mol. The van der Waals surface area contributed by atoms with Gasteiger partial charge < -0.3 is 0 Å². The van der Waals surface area contributed by atoms with Crippen molar-refractivity contribution >= 4 is 32.4 Å². The number of carbonyl (C=O) groups is 1. The Labute approximate surface area is 151 Å². The van der Waals surface area contributed by atoms with Gasteiger partial charge in [-0.25, -0.2) is 13.1 Å². The van der Waals surface area contributed by atoms with Crippen LogP contribution in [0, 0.1) is 0 Å². The van der Waals surface area contributed by atoms with Crippen LogP contribution in [0.1, 0.15) is 23.9 Å². The minimum atomic E-state index is -4.67. The molecule has 0 bridgehead atoms. The highest BCUT2D eigenvalue weighted by atomic mass is 32.2. The number of rotatable bonds is 7. The first kappa shape index (κ1) is 20.3. The molecule has 1 amide bonds. The Bertz CT molecular complexity index is 882. The van der Waals surface area contributed by atoms with Crippen LogP contribution in [-0.2, 0) is 27.4 Å². The Balaban J connectivity index is 2.00. The van der Waals surface area contributed by atoms with E-state index in [1.807, 2.05) is 11.6 Å². The number of benzene rings is 1. The standard InChI is InChI=1S/C14H15F3N4O3S2/c1-2-4-12-20-21-13(25-12)19-11(22)8-18-26(23,24)10-6-3-5-9(7-10)14(15,16)17/h3,5-7,18H,2,4,8H2,1H3,(H,19,21,22). The van der Waals surface area contributed by atoms with Gasteiger partial charge >= 0.3 is 6.18 Å². The van der Waals surface area contributed by atoms with Gasteiger partial charge in [0.15, 0.2) is 0 Å². The van der Waals surface area contributed by atoms with Crippen molar-refractivity contribution in [2.24, 2.45) is 0 Å². The number of hydrogen-bond donors (Lipinski definition) is 2. The quantitative estimate of drug-likeness (QED) is 0.733. The summed E-state index contributed by atoms with van der Waals surface area (Å²) in [5.74, 6) is -0.709. The minimum absolute atomic E-state index is 0.219. The van der Waals surface area contributed by atoms with Gasteiger partial charge in [0.05, 0.1) is 17.0 Å². The molecule has 2 N–H and O–H groups in total. The molecule has 7 nitrogen and oxygen atoms in total. The summed E-state index contributed by atoms with van der Waals surface area (Å²) in [5.41, 5.74) is -1.10. The van der Waals surface area contributed by atoms with Gasteiger partial charge in [-0.3, -0.25) is 10.1 Å². The molecule has 0 aliphatic heterocycles. The highest BCUT2D eigenvalue weighted by Gasteiger charge is 2.31. The highest BCUT2D eigenvalue weighted by molar-refractivity contribution is 7.89. The van der Waals surface area contributed by atoms with Crippen molar-refractivity contribution < 1.29 is 26.4 Å². The molecule has 0 radical (unpaired) electrons. The second-order valence-electron chi connectivity index (χ2n) is 5.15. The van der Waals surface area contributed by atoms with Crippen LogP contribution in [0.2, 0.25) is 0 Å². The molecule has 0 saturated carbocycles. The Hall–Kier alpha value is -2.05. The molecule has 0 fully saturated rings. The van der Waals surface area contributed by atoms with Gasteiger partial charge in [-0.1, -0.05) is 24.3 Å². The zero-order valence-electron chi connectivity index (χ0n) is 13.5. The number of aryl methyl sites for hydroxylation is 1.